The Kier molecular flexibility index (Phi) is 3.67. The highest BCUT2D eigenvalue weighted by Crippen LogP contribution is 2.38. The second kappa shape index (κ2) is 5.85. The van der Waals surface area contributed by atoms with Crippen molar-refractivity contribution >= 4 is 11.8 Å². The van der Waals surface area contributed by atoms with Crippen molar-refractivity contribution < 1.29 is 14.1 Å². The average Bonchev–Trinajstić information content (AvgIpc) is 3.15. The fourth-order valence-corrected chi connectivity index (χ4v) is 3.77. The van der Waals surface area contributed by atoms with Crippen LogP contribution in [-0.4, -0.2) is 26.9 Å². The molecule has 2 heterocycles. The predicted molar refractivity (Wildman–Crippen MR) is 85.5 cm³/mol. The van der Waals surface area contributed by atoms with E-state index in [0.717, 1.165) is 36.8 Å². The molecule has 2 amide bonds. The van der Waals surface area contributed by atoms with Crippen molar-refractivity contribution in [3.8, 4) is 11.4 Å². The molecule has 6 nitrogen and oxygen atoms in total. The molecule has 24 heavy (non-hydrogen) atoms. The zero-order valence-electron chi connectivity index (χ0n) is 13.6. The molecule has 0 spiro atoms. The molecule has 1 saturated carbocycles. The van der Waals surface area contributed by atoms with E-state index >= 15 is 0 Å². The molecular weight excluding hydrogens is 306 g/mol. The molecule has 0 radical (unpaired) electrons. The highest BCUT2D eigenvalue weighted by atomic mass is 16.5. The SMILES string of the molecule is Cc1ccccc1-c1noc(CN2C(=O)[C@@H]3CCCC[C@H]3C2=O)n1. The number of benzene rings is 1. The summed E-state index contributed by atoms with van der Waals surface area (Å²) in [6.45, 7) is 2.05. The fraction of sp³-hybridized carbons (Fsp3) is 0.444. The minimum absolute atomic E-state index is 0.0730. The lowest BCUT2D eigenvalue weighted by molar-refractivity contribution is -0.141. The quantitative estimate of drug-likeness (QED) is 0.811. The first-order valence-electron chi connectivity index (χ1n) is 8.39. The Hall–Kier alpha value is -2.50. The standard InChI is InChI=1S/C18H19N3O3/c1-11-6-2-3-7-12(11)16-19-15(24-20-16)10-21-17(22)13-8-4-5-9-14(13)18(21)23/h2-3,6-7,13-14H,4-5,8-10H2,1H3/t13-,14-/m1/s1. The molecule has 1 aliphatic heterocycles. The first-order valence-corrected chi connectivity index (χ1v) is 8.39. The van der Waals surface area contributed by atoms with Crippen LogP contribution in [0.1, 0.15) is 37.1 Å². The van der Waals surface area contributed by atoms with Gasteiger partial charge in [0, 0.05) is 5.56 Å². The van der Waals surface area contributed by atoms with Crippen LogP contribution in [-0.2, 0) is 16.1 Å². The molecule has 0 bridgehead atoms. The topological polar surface area (TPSA) is 76.3 Å². The van der Waals surface area contributed by atoms with Crippen LogP contribution in [0.25, 0.3) is 11.4 Å². The minimum atomic E-state index is -0.148. The van der Waals surface area contributed by atoms with Gasteiger partial charge in [-0.05, 0) is 25.3 Å². The van der Waals surface area contributed by atoms with E-state index in [0.29, 0.717) is 11.7 Å². The number of fused-ring (bicyclic) bond motifs is 1. The highest BCUT2D eigenvalue weighted by Gasteiger charge is 2.48. The molecule has 2 aliphatic rings. The zero-order valence-corrected chi connectivity index (χ0v) is 13.6. The van der Waals surface area contributed by atoms with E-state index in [1.165, 1.54) is 4.90 Å². The van der Waals surface area contributed by atoms with E-state index in [4.69, 9.17) is 4.52 Å². The Labute approximate surface area is 139 Å². The third-order valence-electron chi connectivity index (χ3n) is 5.08. The monoisotopic (exact) mass is 325 g/mol. The van der Waals surface area contributed by atoms with Crippen molar-refractivity contribution in [3.63, 3.8) is 0 Å². The molecule has 124 valence electrons. The van der Waals surface area contributed by atoms with Crippen LogP contribution >= 0.6 is 0 Å². The van der Waals surface area contributed by atoms with Gasteiger partial charge in [0.05, 0.1) is 11.8 Å². The van der Waals surface area contributed by atoms with Gasteiger partial charge in [-0.15, -0.1) is 0 Å². The van der Waals surface area contributed by atoms with Crippen LogP contribution in [0.15, 0.2) is 28.8 Å². The van der Waals surface area contributed by atoms with Crippen LogP contribution < -0.4 is 0 Å². The van der Waals surface area contributed by atoms with Crippen LogP contribution in [0.2, 0.25) is 0 Å². The summed E-state index contributed by atoms with van der Waals surface area (Å²) in [4.78, 5) is 30.7. The number of hydrogen-bond donors (Lipinski definition) is 0. The summed E-state index contributed by atoms with van der Waals surface area (Å²) >= 11 is 0. The molecule has 1 saturated heterocycles. The largest absolute Gasteiger partial charge is 0.337 e. The Morgan fingerprint density at radius 3 is 2.46 bits per heavy atom. The van der Waals surface area contributed by atoms with Crippen molar-refractivity contribution in [1.29, 1.82) is 0 Å². The van der Waals surface area contributed by atoms with Gasteiger partial charge in [0.2, 0.25) is 23.5 Å². The predicted octanol–water partition coefficient (Wildman–Crippen LogP) is 2.72. The Balaban J connectivity index is 1.55. The number of carbonyl (C=O) groups is 2. The lowest BCUT2D eigenvalue weighted by atomic mass is 9.81. The summed E-state index contributed by atoms with van der Waals surface area (Å²) in [6.07, 6.45) is 3.66. The molecule has 6 heteroatoms. The molecule has 1 aromatic carbocycles. The van der Waals surface area contributed by atoms with Gasteiger partial charge in [-0.1, -0.05) is 42.3 Å². The van der Waals surface area contributed by atoms with Crippen LogP contribution in [0.3, 0.4) is 0 Å². The smallest absolute Gasteiger partial charge is 0.247 e. The van der Waals surface area contributed by atoms with E-state index in [1.54, 1.807) is 0 Å². The van der Waals surface area contributed by atoms with Gasteiger partial charge < -0.3 is 4.52 Å². The van der Waals surface area contributed by atoms with Crippen molar-refractivity contribution in [3.05, 3.63) is 35.7 Å². The lowest BCUT2D eigenvalue weighted by Gasteiger charge is -2.19. The second-order valence-electron chi connectivity index (χ2n) is 6.59. The first-order chi connectivity index (χ1) is 11.6. The molecule has 2 aromatic rings. The number of carbonyl (C=O) groups excluding carboxylic acids is 2. The van der Waals surface area contributed by atoms with Crippen LogP contribution in [0, 0.1) is 18.8 Å². The normalized spacial score (nSPS) is 23.6. The van der Waals surface area contributed by atoms with Crippen molar-refractivity contribution in [2.24, 2.45) is 11.8 Å². The molecule has 0 N–H and O–H groups in total. The summed E-state index contributed by atoms with van der Waals surface area (Å²) in [5.74, 6) is 0.323. The van der Waals surface area contributed by atoms with Gasteiger partial charge >= 0.3 is 0 Å². The first kappa shape index (κ1) is 15.1. The van der Waals surface area contributed by atoms with E-state index in [1.807, 2.05) is 31.2 Å². The molecule has 2 atom stereocenters. The van der Waals surface area contributed by atoms with Crippen molar-refractivity contribution in [2.75, 3.05) is 0 Å². The van der Waals surface area contributed by atoms with Gasteiger partial charge in [0.25, 0.3) is 0 Å². The fourth-order valence-electron chi connectivity index (χ4n) is 3.77. The molecule has 1 aromatic heterocycles. The summed E-state index contributed by atoms with van der Waals surface area (Å²) in [7, 11) is 0. The number of aromatic nitrogens is 2. The minimum Gasteiger partial charge on any atom is -0.337 e. The number of hydrogen-bond acceptors (Lipinski definition) is 5. The van der Waals surface area contributed by atoms with Crippen LogP contribution in [0.4, 0.5) is 0 Å². The highest BCUT2D eigenvalue weighted by molar-refractivity contribution is 6.05. The Bertz CT molecular complexity index is 774. The van der Waals surface area contributed by atoms with E-state index in [-0.39, 0.29) is 30.2 Å². The van der Waals surface area contributed by atoms with Crippen LogP contribution in [0.5, 0.6) is 0 Å². The molecule has 1 aliphatic carbocycles. The number of likely N-dealkylation sites (tertiary alicyclic amines) is 1. The maximum absolute atomic E-state index is 12.5. The van der Waals surface area contributed by atoms with Crippen molar-refractivity contribution in [1.82, 2.24) is 15.0 Å². The van der Waals surface area contributed by atoms with Gasteiger partial charge in [-0.25, -0.2) is 0 Å². The number of amides is 2. The van der Waals surface area contributed by atoms with Gasteiger partial charge in [-0.3, -0.25) is 14.5 Å². The zero-order chi connectivity index (χ0) is 16.7. The third-order valence-corrected chi connectivity index (χ3v) is 5.08. The Morgan fingerprint density at radius 2 is 1.79 bits per heavy atom. The summed E-state index contributed by atoms with van der Waals surface area (Å²) < 4.78 is 5.28. The maximum atomic E-state index is 12.5. The summed E-state index contributed by atoms with van der Waals surface area (Å²) in [5, 5.41) is 3.99. The van der Waals surface area contributed by atoms with E-state index < -0.39 is 0 Å². The van der Waals surface area contributed by atoms with Crippen molar-refractivity contribution in [2.45, 2.75) is 39.2 Å². The Morgan fingerprint density at radius 1 is 1.12 bits per heavy atom. The van der Waals surface area contributed by atoms with E-state index in [2.05, 4.69) is 10.1 Å². The lowest BCUT2D eigenvalue weighted by Crippen LogP contribution is -2.30. The second-order valence-corrected chi connectivity index (χ2v) is 6.59. The molecule has 4 rings (SSSR count). The number of imide groups is 1. The number of rotatable bonds is 3. The van der Waals surface area contributed by atoms with Gasteiger partial charge in [0.15, 0.2) is 0 Å². The van der Waals surface area contributed by atoms with Gasteiger partial charge in [0.1, 0.15) is 6.54 Å². The summed E-state index contributed by atoms with van der Waals surface area (Å²) in [6, 6.07) is 7.76. The molecular formula is C18H19N3O3. The molecule has 2 fully saturated rings. The average molecular weight is 325 g/mol. The molecule has 0 unspecified atom stereocenters. The van der Waals surface area contributed by atoms with Gasteiger partial charge in [-0.2, -0.15) is 4.98 Å². The number of aryl methyl sites for hydroxylation is 1. The van der Waals surface area contributed by atoms with E-state index in [9.17, 15) is 9.59 Å². The number of nitrogens with zero attached hydrogens (tertiary/aromatic N) is 3. The summed E-state index contributed by atoms with van der Waals surface area (Å²) in [5.41, 5.74) is 1.93. The maximum Gasteiger partial charge on any atom is 0.247 e. The third kappa shape index (κ3) is 2.42.